The van der Waals surface area contributed by atoms with Crippen molar-refractivity contribution in [1.82, 2.24) is 15.1 Å². The largest absolute Gasteiger partial charge is 0.314 e. The molecule has 1 N–H and O–H groups in total. The lowest BCUT2D eigenvalue weighted by Crippen LogP contribution is -2.44. The van der Waals surface area contributed by atoms with Crippen LogP contribution in [0, 0.1) is 0 Å². The van der Waals surface area contributed by atoms with Gasteiger partial charge in [0.15, 0.2) is 0 Å². The molecular weight excluding hydrogens is 246 g/mol. The zero-order valence-corrected chi connectivity index (χ0v) is 12.6. The average molecular weight is 273 g/mol. The van der Waals surface area contributed by atoms with Crippen LogP contribution in [0.5, 0.6) is 0 Å². The third kappa shape index (κ3) is 3.60. The molecule has 0 saturated carbocycles. The topological polar surface area (TPSA) is 18.5 Å². The van der Waals surface area contributed by atoms with Gasteiger partial charge in [-0.25, -0.2) is 0 Å². The number of hydrogen-bond acceptors (Lipinski definition) is 3. The van der Waals surface area contributed by atoms with Gasteiger partial charge in [-0.1, -0.05) is 24.3 Å². The van der Waals surface area contributed by atoms with Gasteiger partial charge in [0.25, 0.3) is 0 Å². The normalized spacial score (nSPS) is 25.1. The quantitative estimate of drug-likeness (QED) is 0.901. The fraction of sp³-hybridized carbons (Fsp3) is 0.647. The molecule has 1 aromatic carbocycles. The Balaban J connectivity index is 1.63. The number of benzene rings is 1. The van der Waals surface area contributed by atoms with Crippen molar-refractivity contribution in [2.45, 2.75) is 31.8 Å². The van der Waals surface area contributed by atoms with Gasteiger partial charge in [-0.3, -0.25) is 4.90 Å². The summed E-state index contributed by atoms with van der Waals surface area (Å²) in [5.74, 6) is 0. The number of nitrogens with one attached hydrogen (secondary N) is 1. The number of nitrogens with zero attached hydrogens (tertiary/aromatic N) is 2. The second kappa shape index (κ2) is 6.70. The minimum atomic E-state index is 0.698. The summed E-state index contributed by atoms with van der Waals surface area (Å²) in [6.07, 6.45) is 3.87. The monoisotopic (exact) mass is 273 g/mol. The predicted molar refractivity (Wildman–Crippen MR) is 83.9 cm³/mol. The van der Waals surface area contributed by atoms with Gasteiger partial charge in [0.05, 0.1) is 0 Å². The molecule has 0 aliphatic carbocycles. The van der Waals surface area contributed by atoms with E-state index in [0.29, 0.717) is 6.04 Å². The summed E-state index contributed by atoms with van der Waals surface area (Å²) in [5, 5.41) is 3.62. The molecule has 20 heavy (non-hydrogen) atoms. The van der Waals surface area contributed by atoms with E-state index >= 15 is 0 Å². The lowest BCUT2D eigenvalue weighted by atomic mass is 9.99. The maximum atomic E-state index is 3.62. The molecule has 1 unspecified atom stereocenters. The van der Waals surface area contributed by atoms with E-state index in [2.05, 4.69) is 46.4 Å². The highest BCUT2D eigenvalue weighted by molar-refractivity contribution is 5.28. The van der Waals surface area contributed by atoms with Crippen molar-refractivity contribution in [3.05, 3.63) is 35.4 Å². The van der Waals surface area contributed by atoms with E-state index in [1.165, 1.54) is 57.5 Å². The van der Waals surface area contributed by atoms with Gasteiger partial charge >= 0.3 is 0 Å². The molecule has 1 aromatic rings. The Morgan fingerprint density at radius 2 is 1.85 bits per heavy atom. The summed E-state index contributed by atoms with van der Waals surface area (Å²) in [6, 6.07) is 9.73. The third-order valence-electron chi connectivity index (χ3n) is 4.74. The molecule has 3 rings (SSSR count). The fourth-order valence-corrected chi connectivity index (χ4v) is 3.35. The average Bonchev–Trinajstić information content (AvgIpc) is 2.96. The Morgan fingerprint density at radius 1 is 1.10 bits per heavy atom. The van der Waals surface area contributed by atoms with Crippen molar-refractivity contribution in [2.75, 3.05) is 39.8 Å². The maximum absolute atomic E-state index is 3.62. The van der Waals surface area contributed by atoms with Crippen LogP contribution >= 0.6 is 0 Å². The minimum Gasteiger partial charge on any atom is -0.314 e. The summed E-state index contributed by atoms with van der Waals surface area (Å²) in [7, 11) is 2.22. The predicted octanol–water partition coefficient (Wildman–Crippen LogP) is 1.73. The molecule has 2 saturated heterocycles. The first-order valence-corrected chi connectivity index (χ1v) is 8.02. The maximum Gasteiger partial charge on any atom is 0.0237 e. The molecule has 1 atom stereocenters. The zero-order valence-electron chi connectivity index (χ0n) is 12.6. The van der Waals surface area contributed by atoms with Crippen LogP contribution < -0.4 is 5.32 Å². The van der Waals surface area contributed by atoms with Gasteiger partial charge < -0.3 is 10.2 Å². The van der Waals surface area contributed by atoms with Crippen LogP contribution in [0.15, 0.2) is 24.3 Å². The molecule has 2 aliphatic heterocycles. The number of rotatable bonds is 4. The van der Waals surface area contributed by atoms with Crippen LogP contribution in [0.25, 0.3) is 0 Å². The summed E-state index contributed by atoms with van der Waals surface area (Å²) in [6.45, 7) is 7.12. The smallest absolute Gasteiger partial charge is 0.0237 e. The summed E-state index contributed by atoms with van der Waals surface area (Å²) in [5.41, 5.74) is 3.08. The molecular formula is C17H27N3. The molecule has 0 spiro atoms. The van der Waals surface area contributed by atoms with E-state index in [1.54, 1.807) is 5.56 Å². The van der Waals surface area contributed by atoms with Crippen molar-refractivity contribution in [3.63, 3.8) is 0 Å². The molecule has 3 heteroatoms. The highest BCUT2D eigenvalue weighted by Crippen LogP contribution is 2.18. The first kappa shape index (κ1) is 14.1. The molecule has 2 aliphatic rings. The lowest BCUT2D eigenvalue weighted by Gasteiger charge is -2.32. The second-order valence-corrected chi connectivity index (χ2v) is 6.35. The molecule has 0 aromatic heterocycles. The summed E-state index contributed by atoms with van der Waals surface area (Å²) >= 11 is 0. The summed E-state index contributed by atoms with van der Waals surface area (Å²) in [4.78, 5) is 5.02. The van der Waals surface area contributed by atoms with Gasteiger partial charge in [-0.2, -0.15) is 0 Å². The molecule has 2 fully saturated rings. The molecule has 3 nitrogen and oxygen atoms in total. The number of hydrogen-bond donors (Lipinski definition) is 1. The van der Waals surface area contributed by atoms with E-state index < -0.39 is 0 Å². The van der Waals surface area contributed by atoms with Gasteiger partial charge in [-0.15, -0.1) is 0 Å². The lowest BCUT2D eigenvalue weighted by molar-refractivity contribution is 0.148. The fourth-order valence-electron chi connectivity index (χ4n) is 3.35. The van der Waals surface area contributed by atoms with Crippen LogP contribution in [0.4, 0.5) is 0 Å². The third-order valence-corrected chi connectivity index (χ3v) is 4.74. The highest BCUT2D eigenvalue weighted by atomic mass is 15.2. The molecule has 110 valence electrons. The zero-order chi connectivity index (χ0) is 13.8. The molecule has 0 radical (unpaired) electrons. The van der Waals surface area contributed by atoms with Crippen LogP contribution in [0.2, 0.25) is 0 Å². The Hall–Kier alpha value is -0.900. The Kier molecular flexibility index (Phi) is 4.71. The Morgan fingerprint density at radius 3 is 2.55 bits per heavy atom. The Bertz CT molecular complexity index is 418. The number of likely N-dealkylation sites (N-methyl/N-ethyl adjacent to an activating group) is 1. The standard InChI is InChI=1S/C17H27N3/c1-19-9-11-20(12-10-19)14-16-6-3-2-5-15(16)13-17-7-4-8-18-17/h2-3,5-6,17-18H,4,7-14H2,1H3. The summed E-state index contributed by atoms with van der Waals surface area (Å²) < 4.78 is 0. The van der Waals surface area contributed by atoms with Gasteiger partial charge in [0, 0.05) is 38.8 Å². The first-order valence-electron chi connectivity index (χ1n) is 8.02. The Labute approximate surface area is 123 Å². The van der Waals surface area contributed by atoms with Crippen molar-refractivity contribution < 1.29 is 0 Å². The van der Waals surface area contributed by atoms with Crippen LogP contribution in [-0.4, -0.2) is 55.6 Å². The SMILES string of the molecule is CN1CCN(Cc2ccccc2CC2CCCN2)CC1. The van der Waals surface area contributed by atoms with Crippen LogP contribution in [0.1, 0.15) is 24.0 Å². The van der Waals surface area contributed by atoms with E-state index in [-0.39, 0.29) is 0 Å². The minimum absolute atomic E-state index is 0.698. The number of piperazine rings is 1. The molecule has 0 bridgehead atoms. The van der Waals surface area contributed by atoms with Gasteiger partial charge in [0.1, 0.15) is 0 Å². The van der Waals surface area contributed by atoms with Crippen molar-refractivity contribution >= 4 is 0 Å². The van der Waals surface area contributed by atoms with Crippen molar-refractivity contribution in [1.29, 1.82) is 0 Å². The highest BCUT2D eigenvalue weighted by Gasteiger charge is 2.18. The van der Waals surface area contributed by atoms with Crippen LogP contribution in [0.3, 0.4) is 0 Å². The second-order valence-electron chi connectivity index (χ2n) is 6.35. The van der Waals surface area contributed by atoms with Gasteiger partial charge in [-0.05, 0) is 44.0 Å². The van der Waals surface area contributed by atoms with E-state index in [9.17, 15) is 0 Å². The van der Waals surface area contributed by atoms with E-state index in [0.717, 1.165) is 6.54 Å². The van der Waals surface area contributed by atoms with E-state index in [4.69, 9.17) is 0 Å². The molecule has 2 heterocycles. The van der Waals surface area contributed by atoms with E-state index in [1.807, 2.05) is 0 Å². The van der Waals surface area contributed by atoms with Gasteiger partial charge in [0.2, 0.25) is 0 Å². The molecule has 0 amide bonds. The van der Waals surface area contributed by atoms with Crippen molar-refractivity contribution in [3.8, 4) is 0 Å². The van der Waals surface area contributed by atoms with Crippen molar-refractivity contribution in [2.24, 2.45) is 0 Å². The first-order chi connectivity index (χ1) is 9.81. The van der Waals surface area contributed by atoms with Crippen LogP contribution in [-0.2, 0) is 13.0 Å².